The molecule has 0 spiro atoms. The van der Waals surface area contributed by atoms with Crippen LogP contribution >= 0.6 is 0 Å². The van der Waals surface area contributed by atoms with E-state index in [9.17, 15) is 0 Å². The molecule has 2 rings (SSSR count). The van der Waals surface area contributed by atoms with Gasteiger partial charge in [0.25, 0.3) is 0 Å². The zero-order chi connectivity index (χ0) is 11.2. The van der Waals surface area contributed by atoms with Gasteiger partial charge in [-0.3, -0.25) is 0 Å². The second-order valence-electron chi connectivity index (χ2n) is 4.91. The number of rotatable bonds is 5. The zero-order valence-corrected chi connectivity index (χ0v) is 10.3. The quantitative estimate of drug-likeness (QED) is 0.723. The van der Waals surface area contributed by atoms with Crippen LogP contribution in [0.15, 0.2) is 0 Å². The van der Waals surface area contributed by atoms with E-state index in [4.69, 9.17) is 14.2 Å². The van der Waals surface area contributed by atoms with E-state index in [-0.39, 0.29) is 12.2 Å². The fraction of sp³-hybridized carbons (Fsp3) is 1.00. The predicted molar refractivity (Wildman–Crippen MR) is 62.5 cm³/mol. The molecule has 0 aromatic heterocycles. The van der Waals surface area contributed by atoms with E-state index in [1.54, 1.807) is 0 Å². The second kappa shape index (κ2) is 6.58. The van der Waals surface area contributed by atoms with E-state index in [0.29, 0.717) is 13.2 Å². The molecule has 2 fully saturated rings. The van der Waals surface area contributed by atoms with Crippen LogP contribution in [0.2, 0.25) is 0 Å². The summed E-state index contributed by atoms with van der Waals surface area (Å²) in [4.78, 5) is 0. The van der Waals surface area contributed by atoms with Gasteiger partial charge >= 0.3 is 0 Å². The minimum absolute atomic E-state index is 0.161. The maximum Gasteiger partial charge on any atom is 0.109 e. The zero-order valence-electron chi connectivity index (χ0n) is 10.3. The summed E-state index contributed by atoms with van der Waals surface area (Å²) in [5.41, 5.74) is 0. The highest BCUT2D eigenvalue weighted by Gasteiger charge is 2.30. The van der Waals surface area contributed by atoms with Crippen LogP contribution in [0.5, 0.6) is 0 Å². The highest BCUT2D eigenvalue weighted by Crippen LogP contribution is 2.25. The maximum atomic E-state index is 5.96. The lowest BCUT2D eigenvalue weighted by Crippen LogP contribution is -2.32. The molecule has 0 N–H and O–H groups in total. The van der Waals surface area contributed by atoms with Crippen molar-refractivity contribution < 1.29 is 14.2 Å². The van der Waals surface area contributed by atoms with Gasteiger partial charge in [-0.15, -0.1) is 0 Å². The molecule has 16 heavy (non-hydrogen) atoms. The maximum absolute atomic E-state index is 5.96. The summed E-state index contributed by atoms with van der Waals surface area (Å²) in [5, 5.41) is 0. The smallest absolute Gasteiger partial charge is 0.109 e. The van der Waals surface area contributed by atoms with Crippen LogP contribution < -0.4 is 0 Å². The van der Waals surface area contributed by atoms with Crippen molar-refractivity contribution in [2.24, 2.45) is 5.92 Å². The highest BCUT2D eigenvalue weighted by atomic mass is 16.6. The first-order valence-electron chi connectivity index (χ1n) is 6.71. The molecule has 0 bridgehead atoms. The van der Waals surface area contributed by atoms with Crippen molar-refractivity contribution >= 4 is 0 Å². The molecule has 2 aliphatic rings. The molecule has 2 unspecified atom stereocenters. The summed E-state index contributed by atoms with van der Waals surface area (Å²) in [7, 11) is 0. The topological polar surface area (TPSA) is 27.7 Å². The Labute approximate surface area is 98.4 Å². The first-order valence-corrected chi connectivity index (χ1v) is 6.71. The lowest BCUT2D eigenvalue weighted by atomic mass is 9.90. The summed E-state index contributed by atoms with van der Waals surface area (Å²) in [6.45, 7) is 5.08. The first kappa shape index (κ1) is 12.3. The van der Waals surface area contributed by atoms with Gasteiger partial charge in [-0.1, -0.05) is 19.3 Å². The van der Waals surface area contributed by atoms with Crippen molar-refractivity contribution in [3.8, 4) is 0 Å². The van der Waals surface area contributed by atoms with Crippen LogP contribution in [0.25, 0.3) is 0 Å². The molecular formula is C13H24O3. The van der Waals surface area contributed by atoms with Crippen molar-refractivity contribution in [2.45, 2.75) is 51.2 Å². The third-order valence-electron chi connectivity index (χ3n) is 3.63. The van der Waals surface area contributed by atoms with E-state index >= 15 is 0 Å². The summed E-state index contributed by atoms with van der Waals surface area (Å²) < 4.78 is 17.0. The predicted octanol–water partition coefficient (Wildman–Crippen LogP) is 2.39. The Hall–Kier alpha value is -0.120. The molecule has 0 aromatic carbocycles. The average molecular weight is 228 g/mol. The van der Waals surface area contributed by atoms with E-state index in [1.807, 2.05) is 6.92 Å². The van der Waals surface area contributed by atoms with Crippen LogP contribution in [0, 0.1) is 5.92 Å². The van der Waals surface area contributed by atoms with Gasteiger partial charge in [-0.2, -0.15) is 0 Å². The number of hydrogen-bond acceptors (Lipinski definition) is 3. The lowest BCUT2D eigenvalue weighted by Gasteiger charge is -2.24. The summed E-state index contributed by atoms with van der Waals surface area (Å²) in [6.07, 6.45) is 7.17. The van der Waals surface area contributed by atoms with Gasteiger partial charge in [0.2, 0.25) is 0 Å². The van der Waals surface area contributed by atoms with E-state index in [1.165, 1.54) is 32.1 Å². The van der Waals surface area contributed by atoms with Gasteiger partial charge < -0.3 is 14.2 Å². The highest BCUT2D eigenvalue weighted by molar-refractivity contribution is 4.77. The molecule has 0 aromatic rings. The molecule has 1 aliphatic heterocycles. The molecule has 1 saturated carbocycles. The standard InChI is InChI=1S/C13H24O3/c1-2-15-12-9-14-10-13(12)16-8-11-6-4-3-5-7-11/h11-13H,2-10H2,1H3. The normalized spacial score (nSPS) is 32.1. The van der Waals surface area contributed by atoms with Gasteiger partial charge in [0.1, 0.15) is 12.2 Å². The minimum atomic E-state index is 0.161. The van der Waals surface area contributed by atoms with Crippen molar-refractivity contribution in [3.63, 3.8) is 0 Å². The first-order chi connectivity index (χ1) is 7.90. The van der Waals surface area contributed by atoms with Crippen molar-refractivity contribution in [3.05, 3.63) is 0 Å². The van der Waals surface area contributed by atoms with E-state index in [0.717, 1.165) is 19.1 Å². The van der Waals surface area contributed by atoms with Crippen LogP contribution in [-0.2, 0) is 14.2 Å². The van der Waals surface area contributed by atoms with Crippen LogP contribution in [-0.4, -0.2) is 38.6 Å². The van der Waals surface area contributed by atoms with Gasteiger partial charge in [0.15, 0.2) is 0 Å². The molecule has 0 amide bonds. The molecule has 3 nitrogen and oxygen atoms in total. The SMILES string of the molecule is CCOC1COCC1OCC1CCCCC1. The molecule has 94 valence electrons. The molecule has 1 aliphatic carbocycles. The lowest BCUT2D eigenvalue weighted by molar-refractivity contribution is -0.0555. The third-order valence-corrected chi connectivity index (χ3v) is 3.63. The molecule has 2 atom stereocenters. The Balaban J connectivity index is 1.67. The monoisotopic (exact) mass is 228 g/mol. The van der Waals surface area contributed by atoms with Gasteiger partial charge in [0, 0.05) is 6.61 Å². The molecular weight excluding hydrogens is 204 g/mol. The van der Waals surface area contributed by atoms with Crippen LogP contribution in [0.1, 0.15) is 39.0 Å². The fourth-order valence-electron chi connectivity index (χ4n) is 2.65. The second-order valence-corrected chi connectivity index (χ2v) is 4.91. The Morgan fingerprint density at radius 2 is 1.69 bits per heavy atom. The van der Waals surface area contributed by atoms with Crippen LogP contribution in [0.3, 0.4) is 0 Å². The Kier molecular flexibility index (Phi) is 5.07. The Morgan fingerprint density at radius 1 is 1.00 bits per heavy atom. The summed E-state index contributed by atoms with van der Waals surface area (Å²) >= 11 is 0. The molecule has 1 saturated heterocycles. The van der Waals surface area contributed by atoms with Gasteiger partial charge in [0.05, 0.1) is 19.8 Å². The van der Waals surface area contributed by atoms with E-state index < -0.39 is 0 Å². The summed E-state index contributed by atoms with van der Waals surface area (Å²) in [6, 6.07) is 0. The largest absolute Gasteiger partial charge is 0.376 e. The number of ether oxygens (including phenoxy) is 3. The Bertz CT molecular complexity index is 190. The van der Waals surface area contributed by atoms with Crippen molar-refractivity contribution in [2.75, 3.05) is 26.4 Å². The summed E-state index contributed by atoms with van der Waals surface area (Å²) in [5.74, 6) is 0.775. The molecule has 3 heteroatoms. The van der Waals surface area contributed by atoms with Gasteiger partial charge in [-0.05, 0) is 25.7 Å². The Morgan fingerprint density at radius 3 is 2.38 bits per heavy atom. The van der Waals surface area contributed by atoms with Crippen molar-refractivity contribution in [1.82, 2.24) is 0 Å². The average Bonchev–Trinajstić information content (AvgIpc) is 2.76. The van der Waals surface area contributed by atoms with E-state index in [2.05, 4.69) is 0 Å². The minimum Gasteiger partial charge on any atom is -0.376 e. The molecule has 1 heterocycles. The van der Waals surface area contributed by atoms with Crippen molar-refractivity contribution in [1.29, 1.82) is 0 Å². The fourth-order valence-corrected chi connectivity index (χ4v) is 2.65. The van der Waals surface area contributed by atoms with Gasteiger partial charge in [-0.25, -0.2) is 0 Å². The number of hydrogen-bond donors (Lipinski definition) is 0. The molecule has 0 radical (unpaired) electrons. The third kappa shape index (κ3) is 3.44. The van der Waals surface area contributed by atoms with Crippen LogP contribution in [0.4, 0.5) is 0 Å².